The number of amides is 1. The zero-order chi connectivity index (χ0) is 24.3. The van der Waals surface area contributed by atoms with Crippen molar-refractivity contribution in [3.8, 4) is 17.2 Å². The number of aliphatic hydroxyl groups is 1. The minimum absolute atomic E-state index is 0.0635. The molecule has 1 saturated heterocycles. The van der Waals surface area contributed by atoms with Crippen LogP contribution in [0.3, 0.4) is 0 Å². The van der Waals surface area contributed by atoms with E-state index in [2.05, 4.69) is 0 Å². The number of carbonyl (C=O) groups is 2. The molecular formula is C23H23Cl2NO7. The molecule has 0 saturated carbocycles. The number of carbonyl (C=O) groups excluding carboxylic acids is 2. The van der Waals surface area contributed by atoms with E-state index in [-0.39, 0.29) is 51.6 Å². The van der Waals surface area contributed by atoms with Gasteiger partial charge in [0.2, 0.25) is 0 Å². The number of nitrogens with zero attached hydrogens (tertiary/aromatic N) is 1. The molecule has 2 aromatic rings. The Labute approximate surface area is 200 Å². The van der Waals surface area contributed by atoms with Crippen molar-refractivity contribution in [1.29, 1.82) is 0 Å². The monoisotopic (exact) mass is 495 g/mol. The summed E-state index contributed by atoms with van der Waals surface area (Å²) in [6, 6.07) is 6.30. The highest BCUT2D eigenvalue weighted by molar-refractivity contribution is 6.46. The van der Waals surface area contributed by atoms with E-state index in [0.717, 1.165) is 0 Å². The molecular weight excluding hydrogens is 473 g/mol. The largest absolute Gasteiger partial charge is 0.507 e. The van der Waals surface area contributed by atoms with Crippen LogP contribution in [0.1, 0.15) is 24.1 Å². The normalized spacial score (nSPS) is 17.5. The molecule has 2 N–H and O–H groups in total. The van der Waals surface area contributed by atoms with Gasteiger partial charge in [-0.15, -0.1) is 0 Å². The molecule has 1 aliphatic heterocycles. The van der Waals surface area contributed by atoms with E-state index < -0.39 is 23.5 Å². The van der Waals surface area contributed by atoms with Crippen LogP contribution in [0.5, 0.6) is 17.2 Å². The Morgan fingerprint density at radius 3 is 2.52 bits per heavy atom. The molecule has 1 aliphatic rings. The summed E-state index contributed by atoms with van der Waals surface area (Å²) in [6.45, 7) is 2.29. The Balaban J connectivity index is 2.27. The van der Waals surface area contributed by atoms with Crippen molar-refractivity contribution in [3.05, 3.63) is 57.1 Å². The van der Waals surface area contributed by atoms with E-state index in [4.69, 9.17) is 37.4 Å². The van der Waals surface area contributed by atoms with Crippen LogP contribution in [-0.4, -0.2) is 60.8 Å². The first-order valence-electron chi connectivity index (χ1n) is 10.0. The van der Waals surface area contributed by atoms with E-state index >= 15 is 0 Å². The van der Waals surface area contributed by atoms with Gasteiger partial charge in [-0.1, -0.05) is 29.3 Å². The van der Waals surface area contributed by atoms with Crippen molar-refractivity contribution in [2.75, 3.05) is 34.0 Å². The fourth-order valence-corrected chi connectivity index (χ4v) is 4.28. The van der Waals surface area contributed by atoms with Crippen molar-refractivity contribution in [1.82, 2.24) is 4.90 Å². The first kappa shape index (κ1) is 24.7. The lowest BCUT2D eigenvalue weighted by Gasteiger charge is -2.25. The van der Waals surface area contributed by atoms with Gasteiger partial charge in [-0.25, -0.2) is 0 Å². The second kappa shape index (κ2) is 10.3. The molecule has 8 nitrogen and oxygen atoms in total. The molecule has 0 aliphatic carbocycles. The molecule has 1 unspecified atom stereocenters. The molecule has 33 heavy (non-hydrogen) atoms. The molecule has 3 rings (SSSR count). The number of hydrogen-bond donors (Lipinski definition) is 2. The number of likely N-dealkylation sites (tertiary alicyclic amines) is 1. The van der Waals surface area contributed by atoms with Crippen molar-refractivity contribution >= 4 is 40.7 Å². The van der Waals surface area contributed by atoms with Crippen LogP contribution in [-0.2, 0) is 14.3 Å². The number of aliphatic hydroxyl groups excluding tert-OH is 1. The third kappa shape index (κ3) is 4.73. The van der Waals surface area contributed by atoms with Gasteiger partial charge in [0.25, 0.3) is 11.7 Å². The molecule has 1 heterocycles. The van der Waals surface area contributed by atoms with Gasteiger partial charge in [-0.3, -0.25) is 9.59 Å². The molecule has 2 aromatic carbocycles. The maximum atomic E-state index is 13.1. The van der Waals surface area contributed by atoms with Crippen LogP contribution >= 0.6 is 23.2 Å². The number of ether oxygens (including phenoxy) is 3. The highest BCUT2D eigenvalue weighted by Crippen LogP contribution is 2.44. The number of ketones is 1. The quantitative estimate of drug-likeness (QED) is 0.321. The van der Waals surface area contributed by atoms with E-state index in [1.54, 1.807) is 13.0 Å². The number of Topliss-reactive ketones (excluding diaryl/α,β-unsaturated/α-hetero) is 1. The second-order valence-electron chi connectivity index (χ2n) is 7.11. The highest BCUT2D eigenvalue weighted by atomic mass is 35.5. The Bertz CT molecular complexity index is 1120. The maximum Gasteiger partial charge on any atom is 0.295 e. The van der Waals surface area contributed by atoms with Crippen molar-refractivity contribution in [3.63, 3.8) is 0 Å². The number of phenols is 1. The summed E-state index contributed by atoms with van der Waals surface area (Å²) >= 11 is 12.3. The Morgan fingerprint density at radius 2 is 1.88 bits per heavy atom. The van der Waals surface area contributed by atoms with Crippen molar-refractivity contribution in [2.24, 2.45) is 0 Å². The summed E-state index contributed by atoms with van der Waals surface area (Å²) in [7, 11) is 2.83. The summed E-state index contributed by atoms with van der Waals surface area (Å²) in [6.07, 6.45) is 0. The summed E-state index contributed by atoms with van der Waals surface area (Å²) in [5.41, 5.74) is 0.328. The zero-order valence-corrected chi connectivity index (χ0v) is 19.7. The van der Waals surface area contributed by atoms with Gasteiger partial charge in [-0.2, -0.15) is 0 Å². The third-order valence-electron chi connectivity index (χ3n) is 5.14. The molecule has 1 atom stereocenters. The van der Waals surface area contributed by atoms with Crippen LogP contribution in [0.15, 0.2) is 35.9 Å². The minimum Gasteiger partial charge on any atom is -0.507 e. The summed E-state index contributed by atoms with van der Waals surface area (Å²) in [4.78, 5) is 27.3. The number of hydrogen-bond acceptors (Lipinski definition) is 7. The Morgan fingerprint density at radius 1 is 1.15 bits per heavy atom. The van der Waals surface area contributed by atoms with Gasteiger partial charge in [0.15, 0.2) is 11.5 Å². The van der Waals surface area contributed by atoms with E-state index in [9.17, 15) is 19.8 Å². The number of rotatable bonds is 8. The summed E-state index contributed by atoms with van der Waals surface area (Å²) < 4.78 is 15.9. The minimum atomic E-state index is -0.984. The fraction of sp³-hybridized carbons (Fsp3) is 0.304. The SMILES string of the molecule is CCOc1cc(C2/C(=C(\O)c3cc(Cl)cc(Cl)c3OC)C(=O)C(=O)N2CCOC)ccc1O. The number of aromatic hydroxyl groups is 1. The van der Waals surface area contributed by atoms with E-state index in [0.29, 0.717) is 12.2 Å². The Kier molecular flexibility index (Phi) is 7.73. The van der Waals surface area contributed by atoms with Crippen molar-refractivity contribution < 1.29 is 34.0 Å². The first-order chi connectivity index (χ1) is 15.7. The lowest BCUT2D eigenvalue weighted by Crippen LogP contribution is -2.32. The molecule has 0 spiro atoms. The van der Waals surface area contributed by atoms with Crippen LogP contribution in [0.25, 0.3) is 5.76 Å². The van der Waals surface area contributed by atoms with Gasteiger partial charge >= 0.3 is 0 Å². The lowest BCUT2D eigenvalue weighted by atomic mass is 9.94. The van der Waals surface area contributed by atoms with E-state index in [1.165, 1.54) is 43.4 Å². The lowest BCUT2D eigenvalue weighted by molar-refractivity contribution is -0.140. The van der Waals surface area contributed by atoms with E-state index in [1.807, 2.05) is 0 Å². The molecule has 0 bridgehead atoms. The summed E-state index contributed by atoms with van der Waals surface area (Å²) in [5, 5.41) is 21.7. The Hall–Kier alpha value is -2.94. The smallest absolute Gasteiger partial charge is 0.295 e. The molecule has 1 fully saturated rings. The van der Waals surface area contributed by atoms with Crippen LogP contribution in [0.2, 0.25) is 10.0 Å². The average molecular weight is 496 g/mol. The fourth-order valence-electron chi connectivity index (χ4n) is 3.71. The highest BCUT2D eigenvalue weighted by Gasteiger charge is 2.46. The number of phenolic OH excluding ortho intramolecular Hbond substituents is 1. The topological polar surface area (TPSA) is 106 Å². The van der Waals surface area contributed by atoms with Crippen LogP contribution in [0, 0.1) is 0 Å². The first-order valence-corrected chi connectivity index (χ1v) is 10.8. The molecule has 10 heteroatoms. The molecule has 0 radical (unpaired) electrons. The van der Waals surface area contributed by atoms with Crippen LogP contribution < -0.4 is 9.47 Å². The van der Waals surface area contributed by atoms with Gasteiger partial charge in [0, 0.05) is 18.7 Å². The molecule has 1 amide bonds. The van der Waals surface area contributed by atoms with Gasteiger partial charge < -0.3 is 29.3 Å². The number of halogens is 2. The number of methoxy groups -OCH3 is 2. The van der Waals surface area contributed by atoms with Gasteiger partial charge in [-0.05, 0) is 36.8 Å². The van der Waals surface area contributed by atoms with Gasteiger partial charge in [0.1, 0.15) is 11.5 Å². The maximum absolute atomic E-state index is 13.1. The number of benzene rings is 2. The zero-order valence-electron chi connectivity index (χ0n) is 18.2. The predicted molar refractivity (Wildman–Crippen MR) is 123 cm³/mol. The molecule has 0 aromatic heterocycles. The molecule has 176 valence electrons. The summed E-state index contributed by atoms with van der Waals surface area (Å²) in [5.74, 6) is -2.02. The standard InChI is InChI=1S/C23H23Cl2NO7/c1-4-33-17-9-12(5-6-16(17)27)19-18(21(29)23(30)26(19)7-8-31-2)20(28)14-10-13(24)11-15(25)22(14)32-3/h5-6,9-11,19,27-28H,4,7-8H2,1-3H3/b20-18+. The van der Waals surface area contributed by atoms with Gasteiger partial charge in [0.05, 0.1) is 42.5 Å². The van der Waals surface area contributed by atoms with Crippen LogP contribution in [0.4, 0.5) is 0 Å². The van der Waals surface area contributed by atoms with Crippen molar-refractivity contribution in [2.45, 2.75) is 13.0 Å². The second-order valence-corrected chi connectivity index (χ2v) is 7.96. The third-order valence-corrected chi connectivity index (χ3v) is 5.64. The average Bonchev–Trinajstić information content (AvgIpc) is 3.03. The predicted octanol–water partition coefficient (Wildman–Crippen LogP) is 4.17.